The second-order valence-electron chi connectivity index (χ2n) is 6.55. The van der Waals surface area contributed by atoms with Crippen LogP contribution in [0.5, 0.6) is 5.75 Å². The van der Waals surface area contributed by atoms with Gasteiger partial charge in [0.25, 0.3) is 0 Å². The number of para-hydroxylation sites is 1. The van der Waals surface area contributed by atoms with Crippen molar-refractivity contribution >= 4 is 10.0 Å². The van der Waals surface area contributed by atoms with Gasteiger partial charge in [-0.1, -0.05) is 12.1 Å². The highest BCUT2D eigenvalue weighted by atomic mass is 32.2. The van der Waals surface area contributed by atoms with E-state index in [2.05, 4.69) is 20.1 Å². The van der Waals surface area contributed by atoms with Crippen LogP contribution in [0.1, 0.15) is 30.5 Å². The van der Waals surface area contributed by atoms with Gasteiger partial charge in [-0.15, -0.1) is 10.2 Å². The van der Waals surface area contributed by atoms with E-state index in [1.807, 2.05) is 0 Å². The maximum atomic E-state index is 13.3. The Labute approximate surface area is 153 Å². The molecule has 8 nitrogen and oxygen atoms in total. The van der Waals surface area contributed by atoms with E-state index >= 15 is 0 Å². The molecule has 140 valence electrons. The number of aromatic nitrogens is 3. The van der Waals surface area contributed by atoms with Gasteiger partial charge in [0.05, 0.1) is 13.2 Å². The molecular weight excluding hydrogens is 354 g/mol. The van der Waals surface area contributed by atoms with Crippen LogP contribution in [0.2, 0.25) is 0 Å². The van der Waals surface area contributed by atoms with E-state index in [-0.39, 0.29) is 10.9 Å². The first-order valence-corrected chi connectivity index (χ1v) is 10.3. The van der Waals surface area contributed by atoms with Crippen LogP contribution >= 0.6 is 0 Å². The maximum Gasteiger partial charge on any atom is 0.247 e. The predicted octanol–water partition coefficient (Wildman–Crippen LogP) is 0.958. The average molecular weight is 377 g/mol. The molecule has 2 aliphatic heterocycles. The first-order chi connectivity index (χ1) is 12.6. The summed E-state index contributed by atoms with van der Waals surface area (Å²) in [5.41, 5.74) is 0. The highest BCUT2D eigenvalue weighted by molar-refractivity contribution is 7.89. The standard InChI is InChI=1S/C17H23N5O3S/c1-25-14-6-2-3-7-15(14)26(23,24)22-11-4-5-13(22)17-20-19-16-8-9-18-10-12-21(16)17/h2-3,6-7,13,18H,4-5,8-12H2,1H3/t13-/m1/s1. The van der Waals surface area contributed by atoms with Gasteiger partial charge in [-0.2, -0.15) is 4.31 Å². The summed E-state index contributed by atoms with van der Waals surface area (Å²) in [5.74, 6) is 2.04. The highest BCUT2D eigenvalue weighted by Gasteiger charge is 2.40. The molecule has 1 fully saturated rings. The second kappa shape index (κ2) is 6.98. The van der Waals surface area contributed by atoms with Crippen molar-refractivity contribution in [2.24, 2.45) is 0 Å². The third kappa shape index (κ3) is 2.89. The number of benzene rings is 1. The molecule has 3 heterocycles. The van der Waals surface area contributed by atoms with E-state index in [4.69, 9.17) is 4.74 Å². The molecule has 0 amide bonds. The summed E-state index contributed by atoms with van der Waals surface area (Å²) >= 11 is 0. The quantitative estimate of drug-likeness (QED) is 0.854. The number of hydrogen-bond acceptors (Lipinski definition) is 6. The number of fused-ring (bicyclic) bond motifs is 1. The minimum absolute atomic E-state index is 0.201. The van der Waals surface area contributed by atoms with Gasteiger partial charge in [0.2, 0.25) is 10.0 Å². The zero-order valence-corrected chi connectivity index (χ0v) is 15.6. The van der Waals surface area contributed by atoms with Gasteiger partial charge in [0.15, 0.2) is 5.82 Å². The van der Waals surface area contributed by atoms with Crippen molar-refractivity contribution < 1.29 is 13.2 Å². The topological polar surface area (TPSA) is 89.4 Å². The summed E-state index contributed by atoms with van der Waals surface area (Å²) in [6.45, 7) is 2.94. The number of hydrogen-bond donors (Lipinski definition) is 1. The summed E-state index contributed by atoms with van der Waals surface area (Å²) in [5, 5.41) is 12.0. The largest absolute Gasteiger partial charge is 0.495 e. The van der Waals surface area contributed by atoms with E-state index in [1.54, 1.807) is 28.6 Å². The van der Waals surface area contributed by atoms with Crippen molar-refractivity contribution in [1.29, 1.82) is 0 Å². The molecule has 4 rings (SSSR count). The van der Waals surface area contributed by atoms with Gasteiger partial charge in [-0.05, 0) is 25.0 Å². The minimum atomic E-state index is -3.68. The van der Waals surface area contributed by atoms with Crippen LogP contribution in [-0.4, -0.2) is 54.2 Å². The van der Waals surface area contributed by atoms with E-state index in [0.717, 1.165) is 50.5 Å². The van der Waals surface area contributed by atoms with Crippen molar-refractivity contribution in [1.82, 2.24) is 24.4 Å². The average Bonchev–Trinajstić information content (AvgIpc) is 3.23. The second-order valence-corrected chi connectivity index (χ2v) is 8.41. The summed E-state index contributed by atoms with van der Waals surface area (Å²) in [4.78, 5) is 0.201. The molecule has 1 N–H and O–H groups in total. The molecular formula is C17H23N5O3S. The van der Waals surface area contributed by atoms with E-state index in [1.165, 1.54) is 7.11 Å². The monoisotopic (exact) mass is 377 g/mol. The normalized spacial score (nSPS) is 21.3. The van der Waals surface area contributed by atoms with E-state index in [0.29, 0.717) is 12.3 Å². The fraction of sp³-hybridized carbons (Fsp3) is 0.529. The van der Waals surface area contributed by atoms with Gasteiger partial charge < -0.3 is 14.6 Å². The molecule has 26 heavy (non-hydrogen) atoms. The Morgan fingerprint density at radius 3 is 2.88 bits per heavy atom. The minimum Gasteiger partial charge on any atom is -0.495 e. The van der Waals surface area contributed by atoms with Crippen molar-refractivity contribution in [3.05, 3.63) is 35.9 Å². The molecule has 0 aliphatic carbocycles. The van der Waals surface area contributed by atoms with Crippen molar-refractivity contribution in [3.8, 4) is 5.75 Å². The van der Waals surface area contributed by atoms with Gasteiger partial charge in [-0.3, -0.25) is 0 Å². The van der Waals surface area contributed by atoms with Crippen LogP contribution in [0.15, 0.2) is 29.2 Å². The molecule has 2 aromatic rings. The molecule has 1 aromatic heterocycles. The molecule has 1 saturated heterocycles. The fourth-order valence-electron chi connectivity index (χ4n) is 3.78. The fourth-order valence-corrected chi connectivity index (χ4v) is 5.60. The Bertz CT molecular complexity index is 896. The van der Waals surface area contributed by atoms with Crippen LogP contribution in [-0.2, 0) is 23.0 Å². The molecule has 1 atom stereocenters. The van der Waals surface area contributed by atoms with Gasteiger partial charge in [0.1, 0.15) is 16.5 Å². The molecule has 0 spiro atoms. The zero-order valence-electron chi connectivity index (χ0n) is 14.8. The molecule has 1 aromatic carbocycles. The lowest BCUT2D eigenvalue weighted by Crippen LogP contribution is -2.32. The first kappa shape index (κ1) is 17.4. The molecule has 0 unspecified atom stereocenters. The lowest BCUT2D eigenvalue weighted by molar-refractivity contribution is 0.364. The summed E-state index contributed by atoms with van der Waals surface area (Å²) in [6, 6.07) is 6.47. The Kier molecular flexibility index (Phi) is 4.68. The first-order valence-electron chi connectivity index (χ1n) is 8.90. The van der Waals surface area contributed by atoms with Crippen molar-refractivity contribution in [2.75, 3.05) is 26.7 Å². The van der Waals surface area contributed by atoms with Crippen LogP contribution < -0.4 is 10.1 Å². The lowest BCUT2D eigenvalue weighted by atomic mass is 10.2. The van der Waals surface area contributed by atoms with Crippen molar-refractivity contribution in [2.45, 2.75) is 36.7 Å². The Morgan fingerprint density at radius 2 is 2.04 bits per heavy atom. The molecule has 0 radical (unpaired) electrons. The van der Waals surface area contributed by atoms with Crippen LogP contribution in [0.3, 0.4) is 0 Å². The predicted molar refractivity (Wildman–Crippen MR) is 95.5 cm³/mol. The maximum absolute atomic E-state index is 13.3. The third-order valence-electron chi connectivity index (χ3n) is 5.05. The van der Waals surface area contributed by atoms with Crippen molar-refractivity contribution in [3.63, 3.8) is 0 Å². The number of ether oxygens (including phenoxy) is 1. The Hall–Kier alpha value is -1.97. The summed E-state index contributed by atoms with van der Waals surface area (Å²) < 4.78 is 35.6. The molecule has 0 bridgehead atoms. The Morgan fingerprint density at radius 1 is 1.19 bits per heavy atom. The van der Waals surface area contributed by atoms with Crippen LogP contribution in [0.4, 0.5) is 0 Å². The number of nitrogens with zero attached hydrogens (tertiary/aromatic N) is 4. The molecule has 0 saturated carbocycles. The Balaban J connectivity index is 1.72. The number of sulfonamides is 1. The molecule has 9 heteroatoms. The van der Waals surface area contributed by atoms with E-state index in [9.17, 15) is 8.42 Å². The highest BCUT2D eigenvalue weighted by Crippen LogP contribution is 2.38. The summed E-state index contributed by atoms with van der Waals surface area (Å²) in [6.07, 6.45) is 2.36. The number of rotatable bonds is 4. The van der Waals surface area contributed by atoms with Gasteiger partial charge in [-0.25, -0.2) is 8.42 Å². The van der Waals surface area contributed by atoms with E-state index < -0.39 is 10.0 Å². The third-order valence-corrected chi connectivity index (χ3v) is 7.00. The number of methoxy groups -OCH3 is 1. The molecule has 2 aliphatic rings. The van der Waals surface area contributed by atoms with Gasteiger partial charge >= 0.3 is 0 Å². The van der Waals surface area contributed by atoms with Crippen LogP contribution in [0.25, 0.3) is 0 Å². The SMILES string of the molecule is COc1ccccc1S(=O)(=O)N1CCC[C@@H]1c1nnc2n1CCNCC2. The lowest BCUT2D eigenvalue weighted by Gasteiger charge is -2.24. The van der Waals surface area contributed by atoms with Crippen LogP contribution in [0, 0.1) is 0 Å². The zero-order chi connectivity index (χ0) is 18.1. The smallest absolute Gasteiger partial charge is 0.247 e. The number of nitrogens with one attached hydrogen (secondary N) is 1. The van der Waals surface area contributed by atoms with Gasteiger partial charge in [0, 0.05) is 32.6 Å². The summed E-state index contributed by atoms with van der Waals surface area (Å²) in [7, 11) is -2.19.